The van der Waals surface area contributed by atoms with Crippen molar-refractivity contribution in [3.63, 3.8) is 0 Å². The summed E-state index contributed by atoms with van der Waals surface area (Å²) < 4.78 is 7.14. The van der Waals surface area contributed by atoms with E-state index in [2.05, 4.69) is 55.1 Å². The molecule has 2 amide bonds. The first-order valence-corrected chi connectivity index (χ1v) is 12.5. The minimum atomic E-state index is -0.371. The second-order valence-electron chi connectivity index (χ2n) is 8.94. The van der Waals surface area contributed by atoms with E-state index in [4.69, 9.17) is 4.74 Å². The molecular weight excluding hydrogens is 468 g/mol. The summed E-state index contributed by atoms with van der Waals surface area (Å²) in [6, 6.07) is 19.9. The molecule has 1 aliphatic heterocycles. The van der Waals surface area contributed by atoms with Crippen molar-refractivity contribution in [1.29, 1.82) is 0 Å². The quantitative estimate of drug-likeness (QED) is 0.391. The molecule has 1 N–H and O–H groups in total. The highest BCUT2D eigenvalue weighted by atomic mass is 16.5. The predicted octanol–water partition coefficient (Wildman–Crippen LogP) is 3.69. The van der Waals surface area contributed by atoms with Crippen LogP contribution in [0.15, 0.2) is 73.2 Å². The molecule has 1 saturated heterocycles. The molecule has 5 rings (SSSR count). The van der Waals surface area contributed by atoms with Crippen LogP contribution in [0.2, 0.25) is 0 Å². The number of imidazole rings is 1. The van der Waals surface area contributed by atoms with E-state index in [1.807, 2.05) is 35.5 Å². The summed E-state index contributed by atoms with van der Waals surface area (Å²) in [5.41, 5.74) is 4.77. The number of urea groups is 1. The lowest BCUT2D eigenvalue weighted by Crippen LogP contribution is -2.51. The van der Waals surface area contributed by atoms with Crippen LogP contribution in [0.5, 0.6) is 0 Å². The summed E-state index contributed by atoms with van der Waals surface area (Å²) in [6.45, 7) is 5.89. The molecule has 1 fully saturated rings. The molecule has 190 valence electrons. The third-order valence-corrected chi connectivity index (χ3v) is 6.50. The molecule has 9 nitrogen and oxygen atoms in total. The smallest absolute Gasteiger partial charge is 0.339 e. The van der Waals surface area contributed by atoms with E-state index >= 15 is 0 Å². The Hall–Kier alpha value is -4.40. The van der Waals surface area contributed by atoms with E-state index in [0.29, 0.717) is 44.9 Å². The maximum absolute atomic E-state index is 12.7. The molecular formula is C28H30N6O3. The average molecular weight is 499 g/mol. The van der Waals surface area contributed by atoms with E-state index in [9.17, 15) is 9.59 Å². The van der Waals surface area contributed by atoms with Gasteiger partial charge in [-0.3, -0.25) is 0 Å². The van der Waals surface area contributed by atoms with Crippen molar-refractivity contribution in [3.05, 3.63) is 89.9 Å². The van der Waals surface area contributed by atoms with Crippen LogP contribution < -0.4 is 10.2 Å². The fraction of sp³-hybridized carbons (Fsp3) is 0.286. The van der Waals surface area contributed by atoms with Gasteiger partial charge in [-0.15, -0.1) is 0 Å². The first kappa shape index (κ1) is 24.3. The van der Waals surface area contributed by atoms with Crippen LogP contribution in [0.1, 0.15) is 28.4 Å². The number of nitrogens with one attached hydrogen (secondary N) is 1. The number of pyridine rings is 1. The zero-order valence-corrected chi connectivity index (χ0v) is 20.8. The van der Waals surface area contributed by atoms with Crippen LogP contribution in [0.3, 0.4) is 0 Å². The van der Waals surface area contributed by atoms with E-state index in [-0.39, 0.29) is 12.0 Å². The van der Waals surface area contributed by atoms with E-state index in [1.54, 1.807) is 13.0 Å². The fourth-order valence-corrected chi connectivity index (χ4v) is 4.43. The number of aromatic nitrogens is 3. The van der Waals surface area contributed by atoms with Crippen molar-refractivity contribution in [2.75, 3.05) is 37.7 Å². The molecule has 4 aromatic rings. The number of amides is 2. The number of fused-ring (bicyclic) bond motifs is 1. The van der Waals surface area contributed by atoms with Gasteiger partial charge in [-0.1, -0.05) is 36.4 Å². The Balaban J connectivity index is 1.08. The molecule has 0 saturated carbocycles. The molecule has 2 aromatic heterocycles. The predicted molar refractivity (Wildman–Crippen MR) is 141 cm³/mol. The Morgan fingerprint density at radius 2 is 1.68 bits per heavy atom. The first-order chi connectivity index (χ1) is 18.1. The number of benzene rings is 2. The SMILES string of the molecule is CCOC(=O)c1ccc(N2CCN(C(=O)NCc3ccc(Cn4cnc5ccccc54)cc3)CC2)nc1. The van der Waals surface area contributed by atoms with Gasteiger partial charge in [-0.2, -0.15) is 0 Å². The van der Waals surface area contributed by atoms with Gasteiger partial charge < -0.3 is 24.4 Å². The summed E-state index contributed by atoms with van der Waals surface area (Å²) in [6.07, 6.45) is 3.41. The second kappa shape index (κ2) is 11.1. The Morgan fingerprint density at radius 3 is 2.41 bits per heavy atom. The Kier molecular flexibility index (Phi) is 7.30. The van der Waals surface area contributed by atoms with Crippen LogP contribution >= 0.6 is 0 Å². The number of hydrogen-bond acceptors (Lipinski definition) is 6. The molecule has 0 bridgehead atoms. The maximum Gasteiger partial charge on any atom is 0.339 e. The number of rotatable bonds is 7. The van der Waals surface area contributed by atoms with Crippen molar-refractivity contribution in [1.82, 2.24) is 24.8 Å². The van der Waals surface area contributed by atoms with Gasteiger partial charge in [0, 0.05) is 45.5 Å². The zero-order valence-electron chi connectivity index (χ0n) is 20.8. The summed E-state index contributed by atoms with van der Waals surface area (Å²) in [5, 5.41) is 3.03. The second-order valence-corrected chi connectivity index (χ2v) is 8.94. The number of esters is 1. The summed E-state index contributed by atoms with van der Waals surface area (Å²) in [5.74, 6) is 0.418. The molecule has 37 heavy (non-hydrogen) atoms. The number of carbonyl (C=O) groups is 2. The molecule has 0 spiro atoms. The lowest BCUT2D eigenvalue weighted by atomic mass is 10.1. The van der Waals surface area contributed by atoms with Gasteiger partial charge in [-0.05, 0) is 42.3 Å². The van der Waals surface area contributed by atoms with Crippen LogP contribution in [0, 0.1) is 0 Å². The highest BCUT2D eigenvalue weighted by Crippen LogP contribution is 2.16. The minimum absolute atomic E-state index is 0.0702. The van der Waals surface area contributed by atoms with Crippen LogP contribution in [-0.2, 0) is 17.8 Å². The van der Waals surface area contributed by atoms with Crippen molar-refractivity contribution in [3.8, 4) is 0 Å². The maximum atomic E-state index is 12.7. The van der Waals surface area contributed by atoms with Crippen molar-refractivity contribution in [2.24, 2.45) is 0 Å². The third-order valence-electron chi connectivity index (χ3n) is 6.50. The fourth-order valence-electron chi connectivity index (χ4n) is 4.43. The number of anilines is 1. The topological polar surface area (TPSA) is 92.6 Å². The molecule has 0 aliphatic carbocycles. The zero-order chi connectivity index (χ0) is 25.6. The third kappa shape index (κ3) is 5.72. The Labute approximate surface area is 215 Å². The molecule has 3 heterocycles. The van der Waals surface area contributed by atoms with Gasteiger partial charge in [0.25, 0.3) is 0 Å². The van der Waals surface area contributed by atoms with Crippen molar-refractivity contribution in [2.45, 2.75) is 20.0 Å². The number of carbonyl (C=O) groups excluding carboxylic acids is 2. The largest absolute Gasteiger partial charge is 0.462 e. The monoisotopic (exact) mass is 498 g/mol. The van der Waals surface area contributed by atoms with Crippen LogP contribution in [-0.4, -0.2) is 64.2 Å². The number of para-hydroxylation sites is 2. The van der Waals surface area contributed by atoms with E-state index in [1.165, 1.54) is 11.8 Å². The highest BCUT2D eigenvalue weighted by Gasteiger charge is 2.22. The van der Waals surface area contributed by atoms with Gasteiger partial charge in [-0.25, -0.2) is 19.6 Å². The van der Waals surface area contributed by atoms with E-state index < -0.39 is 0 Å². The Bertz CT molecular complexity index is 1360. The number of hydrogen-bond donors (Lipinski definition) is 1. The number of ether oxygens (including phenoxy) is 1. The average Bonchev–Trinajstić information content (AvgIpc) is 3.35. The lowest BCUT2D eigenvalue weighted by molar-refractivity contribution is 0.0526. The first-order valence-electron chi connectivity index (χ1n) is 12.5. The minimum Gasteiger partial charge on any atom is -0.462 e. The Morgan fingerprint density at radius 1 is 0.919 bits per heavy atom. The summed E-state index contributed by atoms with van der Waals surface area (Å²) in [7, 11) is 0. The summed E-state index contributed by atoms with van der Waals surface area (Å²) >= 11 is 0. The van der Waals surface area contributed by atoms with Gasteiger partial charge in [0.2, 0.25) is 0 Å². The molecule has 0 radical (unpaired) electrons. The lowest BCUT2D eigenvalue weighted by Gasteiger charge is -2.35. The molecule has 0 unspecified atom stereocenters. The number of nitrogens with zero attached hydrogens (tertiary/aromatic N) is 5. The molecule has 9 heteroatoms. The van der Waals surface area contributed by atoms with Crippen molar-refractivity contribution < 1.29 is 14.3 Å². The summed E-state index contributed by atoms with van der Waals surface area (Å²) in [4.78, 5) is 37.3. The van der Waals surface area contributed by atoms with Gasteiger partial charge in [0.15, 0.2) is 0 Å². The van der Waals surface area contributed by atoms with E-state index in [0.717, 1.165) is 29.0 Å². The van der Waals surface area contributed by atoms with Gasteiger partial charge in [0.05, 0.1) is 29.5 Å². The molecule has 2 aromatic carbocycles. The molecule has 1 aliphatic rings. The van der Waals surface area contributed by atoms with Gasteiger partial charge >= 0.3 is 12.0 Å². The standard InChI is InChI=1S/C28H30N6O3/c1-2-37-27(35)23-11-12-26(29-18-23)32-13-15-33(16-14-32)28(36)30-17-21-7-9-22(10-8-21)19-34-20-31-24-5-3-4-6-25(24)34/h3-12,18,20H,2,13-17,19H2,1H3,(H,30,36). The number of piperazine rings is 1. The van der Waals surface area contributed by atoms with Crippen molar-refractivity contribution >= 4 is 28.9 Å². The van der Waals surface area contributed by atoms with Crippen LogP contribution in [0.4, 0.5) is 10.6 Å². The van der Waals surface area contributed by atoms with Crippen LogP contribution in [0.25, 0.3) is 11.0 Å². The van der Waals surface area contributed by atoms with Gasteiger partial charge in [0.1, 0.15) is 5.82 Å². The highest BCUT2D eigenvalue weighted by molar-refractivity contribution is 5.89. The normalized spacial score (nSPS) is 13.5. The molecule has 0 atom stereocenters.